The van der Waals surface area contributed by atoms with Gasteiger partial charge < -0.3 is 15.2 Å². The van der Waals surface area contributed by atoms with Crippen molar-refractivity contribution in [1.29, 1.82) is 0 Å². The number of carbonyl (C=O) groups is 1. The molecule has 1 aromatic heterocycles. The van der Waals surface area contributed by atoms with Crippen molar-refractivity contribution in [3.63, 3.8) is 0 Å². The molecule has 3 aliphatic rings. The molecule has 2 aliphatic heterocycles. The summed E-state index contributed by atoms with van der Waals surface area (Å²) in [6.45, 7) is 0.315. The Balaban J connectivity index is 1.51. The highest BCUT2D eigenvalue weighted by atomic mass is 32.3. The lowest BCUT2D eigenvalue weighted by molar-refractivity contribution is -0.0317. The lowest BCUT2D eigenvalue weighted by Gasteiger charge is -2.30. The number of carbonyl (C=O) groups excluding carboxylic acids is 1. The van der Waals surface area contributed by atoms with Gasteiger partial charge in [-0.2, -0.15) is 13.5 Å². The third-order valence-corrected chi connectivity index (χ3v) is 5.31. The molecule has 0 spiro atoms. The van der Waals surface area contributed by atoms with Gasteiger partial charge in [0.2, 0.25) is 0 Å². The van der Waals surface area contributed by atoms with Gasteiger partial charge in [-0.15, -0.1) is 4.28 Å². The van der Waals surface area contributed by atoms with E-state index in [2.05, 4.69) is 9.44 Å². The van der Waals surface area contributed by atoms with E-state index in [1.165, 1.54) is 4.90 Å². The minimum atomic E-state index is -4.74. The van der Waals surface area contributed by atoms with Crippen molar-refractivity contribution in [3.8, 4) is 0 Å². The third-order valence-electron chi connectivity index (χ3n) is 4.96. The summed E-state index contributed by atoms with van der Waals surface area (Å²) < 4.78 is 40.4. The zero-order valence-electron chi connectivity index (χ0n) is 12.7. The maximum atomic E-state index is 12.4. The van der Waals surface area contributed by atoms with Gasteiger partial charge in [0.05, 0.1) is 12.1 Å². The topological polar surface area (TPSA) is 139 Å². The van der Waals surface area contributed by atoms with Gasteiger partial charge in [0.15, 0.2) is 0 Å². The van der Waals surface area contributed by atoms with Crippen LogP contribution in [0.3, 0.4) is 0 Å². The molecule has 132 valence electrons. The SMILES string of the molecule is N[C@H]1C[C@@H](c2cc([C@@H]3CC[C@H]4CN3C(=O)N4OS(=O)(=O)O)no2)C1. The normalized spacial score (nSPS) is 33.0. The molecule has 1 aromatic rings. The first kappa shape index (κ1) is 15.8. The lowest BCUT2D eigenvalue weighted by Crippen LogP contribution is -2.35. The largest absolute Gasteiger partial charge is 0.418 e. The Bertz CT molecular complexity index is 758. The number of urea groups is 1. The molecule has 1 aliphatic carbocycles. The number of amides is 2. The molecule has 0 unspecified atom stereocenters. The van der Waals surface area contributed by atoms with E-state index in [1.54, 1.807) is 0 Å². The fourth-order valence-corrected chi connectivity index (χ4v) is 4.07. The minimum absolute atomic E-state index is 0.199. The summed E-state index contributed by atoms with van der Waals surface area (Å²) >= 11 is 0. The van der Waals surface area contributed by atoms with Crippen molar-refractivity contribution in [1.82, 2.24) is 15.1 Å². The first-order chi connectivity index (χ1) is 11.3. The van der Waals surface area contributed by atoms with Crippen molar-refractivity contribution in [2.24, 2.45) is 5.73 Å². The summed E-state index contributed by atoms with van der Waals surface area (Å²) in [7, 11) is -4.74. The van der Waals surface area contributed by atoms with Crippen molar-refractivity contribution >= 4 is 16.4 Å². The highest BCUT2D eigenvalue weighted by Crippen LogP contribution is 2.41. The molecular formula is C13H18N4O6S. The summed E-state index contributed by atoms with van der Waals surface area (Å²) in [5, 5.41) is 4.81. The van der Waals surface area contributed by atoms with Gasteiger partial charge in [-0.3, -0.25) is 4.55 Å². The van der Waals surface area contributed by atoms with E-state index in [0.29, 0.717) is 25.1 Å². The Kier molecular flexibility index (Phi) is 3.56. The van der Waals surface area contributed by atoms with E-state index in [-0.39, 0.29) is 18.0 Å². The zero-order valence-corrected chi connectivity index (χ0v) is 13.6. The standard InChI is InChI=1S/C13H18N4O6S/c14-8-3-7(4-8)12-5-10(15-22-12)11-2-1-9-6-16(11)13(18)17(9)23-24(19,20)21/h5,7-9,11H,1-4,6,14H2,(H,19,20,21)/t7-,8+,9-,11-/m0/s1. The number of hydrogen-bond acceptors (Lipinski definition) is 7. The summed E-state index contributed by atoms with van der Waals surface area (Å²) in [4.78, 5) is 13.9. The van der Waals surface area contributed by atoms with Crippen LogP contribution in [0.4, 0.5) is 4.79 Å². The summed E-state index contributed by atoms with van der Waals surface area (Å²) in [6.07, 6.45) is 2.87. The highest BCUT2D eigenvalue weighted by Gasteiger charge is 2.48. The molecule has 10 nitrogen and oxygen atoms in total. The maximum Gasteiger partial charge on any atom is 0.418 e. The molecule has 1 saturated carbocycles. The van der Waals surface area contributed by atoms with Crippen molar-refractivity contribution < 1.29 is 26.6 Å². The van der Waals surface area contributed by atoms with E-state index < -0.39 is 22.5 Å². The molecule has 0 aromatic carbocycles. The van der Waals surface area contributed by atoms with Crippen LogP contribution in [-0.4, -0.2) is 52.7 Å². The number of nitrogens with zero attached hydrogens (tertiary/aromatic N) is 3. The Labute approximate surface area is 138 Å². The van der Waals surface area contributed by atoms with Crippen molar-refractivity contribution in [2.45, 2.75) is 49.7 Å². The monoisotopic (exact) mass is 358 g/mol. The van der Waals surface area contributed by atoms with E-state index >= 15 is 0 Å². The predicted molar refractivity (Wildman–Crippen MR) is 78.8 cm³/mol. The van der Waals surface area contributed by atoms with Crippen LogP contribution >= 0.6 is 0 Å². The van der Waals surface area contributed by atoms with Gasteiger partial charge in [-0.1, -0.05) is 5.16 Å². The van der Waals surface area contributed by atoms with Crippen molar-refractivity contribution in [2.75, 3.05) is 6.54 Å². The highest BCUT2D eigenvalue weighted by molar-refractivity contribution is 7.80. The minimum Gasteiger partial charge on any atom is -0.361 e. The van der Waals surface area contributed by atoms with Crippen LogP contribution < -0.4 is 5.73 Å². The molecule has 24 heavy (non-hydrogen) atoms. The van der Waals surface area contributed by atoms with Crippen LogP contribution in [0.1, 0.15) is 49.1 Å². The van der Waals surface area contributed by atoms with Gasteiger partial charge in [-0.05, 0) is 25.7 Å². The van der Waals surface area contributed by atoms with Gasteiger partial charge in [-0.25, -0.2) is 4.79 Å². The average molecular weight is 358 g/mol. The molecule has 2 saturated heterocycles. The predicted octanol–water partition coefficient (Wildman–Crippen LogP) is 0.555. The van der Waals surface area contributed by atoms with Gasteiger partial charge >= 0.3 is 16.4 Å². The number of hydroxylamine groups is 2. The Morgan fingerprint density at radius 3 is 2.79 bits per heavy atom. The summed E-state index contributed by atoms with van der Waals surface area (Å²) in [5.41, 5.74) is 6.43. The van der Waals surface area contributed by atoms with E-state index in [4.69, 9.17) is 14.8 Å². The molecule has 4 rings (SSSR count). The van der Waals surface area contributed by atoms with E-state index in [0.717, 1.165) is 23.7 Å². The molecule has 11 heteroatoms. The number of hydrogen-bond donors (Lipinski definition) is 2. The molecule has 3 fully saturated rings. The van der Waals surface area contributed by atoms with Crippen LogP contribution in [0.5, 0.6) is 0 Å². The first-order valence-electron chi connectivity index (χ1n) is 7.81. The van der Waals surface area contributed by atoms with Crippen molar-refractivity contribution in [3.05, 3.63) is 17.5 Å². The first-order valence-corrected chi connectivity index (χ1v) is 9.17. The van der Waals surface area contributed by atoms with Crippen LogP contribution in [0, 0.1) is 0 Å². The fourth-order valence-electron chi connectivity index (χ4n) is 3.69. The van der Waals surface area contributed by atoms with Gasteiger partial charge in [0.25, 0.3) is 0 Å². The third kappa shape index (κ3) is 2.66. The van der Waals surface area contributed by atoms with Crippen LogP contribution in [0.15, 0.2) is 10.6 Å². The van der Waals surface area contributed by atoms with Crippen LogP contribution in [0.25, 0.3) is 0 Å². The van der Waals surface area contributed by atoms with E-state index in [1.807, 2.05) is 6.07 Å². The molecule has 0 radical (unpaired) electrons. The van der Waals surface area contributed by atoms with Crippen LogP contribution in [-0.2, 0) is 14.7 Å². The number of piperidine rings is 1. The Morgan fingerprint density at radius 1 is 1.38 bits per heavy atom. The molecule has 3 heterocycles. The lowest BCUT2D eigenvalue weighted by atomic mass is 9.79. The van der Waals surface area contributed by atoms with Crippen LogP contribution in [0.2, 0.25) is 0 Å². The van der Waals surface area contributed by atoms with Gasteiger partial charge in [0.1, 0.15) is 11.5 Å². The summed E-state index contributed by atoms with van der Waals surface area (Å²) in [5.74, 6) is 1.04. The second kappa shape index (κ2) is 5.41. The Morgan fingerprint density at radius 2 is 2.12 bits per heavy atom. The smallest absolute Gasteiger partial charge is 0.361 e. The average Bonchev–Trinajstić information content (AvgIpc) is 3.04. The molecule has 3 N–H and O–H groups in total. The number of aromatic nitrogens is 1. The molecule has 2 atom stereocenters. The number of rotatable bonds is 4. The van der Waals surface area contributed by atoms with Gasteiger partial charge in [0, 0.05) is 24.6 Å². The summed E-state index contributed by atoms with van der Waals surface area (Å²) in [6, 6.07) is 0.739. The second-order valence-electron chi connectivity index (χ2n) is 6.59. The maximum absolute atomic E-state index is 12.4. The second-order valence-corrected chi connectivity index (χ2v) is 7.60. The fraction of sp³-hybridized carbons (Fsp3) is 0.692. The molecular weight excluding hydrogens is 340 g/mol. The Hall–Kier alpha value is -1.69. The van der Waals surface area contributed by atoms with E-state index in [9.17, 15) is 13.2 Å². The molecule has 2 bridgehead atoms. The quantitative estimate of drug-likeness (QED) is 0.744. The molecule has 2 amide bonds. The number of nitrogens with two attached hydrogens (primary N) is 1. The zero-order chi connectivity index (χ0) is 17.1. The number of fused-ring (bicyclic) bond motifs is 2.